The largest absolute Gasteiger partial charge is 0.618 e. The quantitative estimate of drug-likeness (QED) is 0.542. The van der Waals surface area contributed by atoms with Crippen LogP contribution in [0.4, 0.5) is 0 Å². The van der Waals surface area contributed by atoms with Gasteiger partial charge in [0, 0.05) is 20.2 Å². The first-order valence-corrected chi connectivity index (χ1v) is 4.42. The van der Waals surface area contributed by atoms with E-state index in [0.717, 1.165) is 0 Å². The number of halogens is 1. The molecule has 1 aromatic rings. The van der Waals surface area contributed by atoms with Crippen molar-refractivity contribution in [3.8, 4) is 0 Å². The Morgan fingerprint density at radius 3 is 2.62 bits per heavy atom. The lowest BCUT2D eigenvalue weighted by atomic mass is 10.3. The molecule has 0 saturated heterocycles. The van der Waals surface area contributed by atoms with Gasteiger partial charge < -0.3 is 10.1 Å². The average molecular weight is 245 g/mol. The zero-order chi connectivity index (χ0) is 10.0. The molecule has 0 unspecified atom stereocenters. The minimum Gasteiger partial charge on any atom is -0.618 e. The lowest BCUT2D eigenvalue weighted by Gasteiger charge is -2.09. The number of carbonyl (C=O) groups excluding carboxylic acids is 1. The molecule has 13 heavy (non-hydrogen) atoms. The predicted octanol–water partition coefficient (Wildman–Crippen LogP) is 0.784. The van der Waals surface area contributed by atoms with E-state index in [-0.39, 0.29) is 11.6 Å². The van der Waals surface area contributed by atoms with Crippen LogP contribution in [0.3, 0.4) is 0 Å². The molecule has 0 atom stereocenters. The number of hydrogen-bond acceptors (Lipinski definition) is 2. The first kappa shape index (κ1) is 9.98. The minimum atomic E-state index is -0.303. The van der Waals surface area contributed by atoms with E-state index < -0.39 is 0 Å². The van der Waals surface area contributed by atoms with Crippen molar-refractivity contribution in [3.05, 3.63) is 33.7 Å². The number of nitrogens with zero attached hydrogens (tertiary/aromatic N) is 2. The molecule has 0 saturated carbocycles. The highest BCUT2D eigenvalue weighted by molar-refractivity contribution is 9.10. The Morgan fingerprint density at radius 1 is 1.54 bits per heavy atom. The van der Waals surface area contributed by atoms with Gasteiger partial charge in [-0.2, -0.15) is 4.73 Å². The van der Waals surface area contributed by atoms with E-state index in [1.807, 2.05) is 0 Å². The second-order valence-corrected chi connectivity index (χ2v) is 3.67. The van der Waals surface area contributed by atoms with Gasteiger partial charge in [-0.1, -0.05) is 0 Å². The lowest BCUT2D eigenvalue weighted by Crippen LogP contribution is -2.38. The van der Waals surface area contributed by atoms with Gasteiger partial charge in [0.25, 0.3) is 5.69 Å². The van der Waals surface area contributed by atoms with Gasteiger partial charge in [0.05, 0.1) is 4.47 Å². The van der Waals surface area contributed by atoms with Gasteiger partial charge in [0.15, 0.2) is 6.20 Å². The van der Waals surface area contributed by atoms with E-state index >= 15 is 0 Å². The third kappa shape index (κ3) is 2.18. The Morgan fingerprint density at radius 2 is 2.15 bits per heavy atom. The number of pyridine rings is 1. The van der Waals surface area contributed by atoms with Crippen molar-refractivity contribution < 1.29 is 9.52 Å². The van der Waals surface area contributed by atoms with E-state index in [1.165, 1.54) is 17.2 Å². The molecule has 1 aromatic heterocycles. The maximum Gasteiger partial charge on any atom is 0.319 e. The van der Waals surface area contributed by atoms with Gasteiger partial charge >= 0.3 is 5.91 Å². The molecule has 0 aliphatic heterocycles. The van der Waals surface area contributed by atoms with Crippen LogP contribution in [0.5, 0.6) is 0 Å². The standard InChI is InChI=1S/C8H9BrN2O2/c1-10(2)8(12)7-4-3-6(9)5-11(7)13/h3-5H,1-2H3. The fourth-order valence-electron chi connectivity index (χ4n) is 0.851. The minimum absolute atomic E-state index is 0.119. The third-order valence-corrected chi connectivity index (χ3v) is 1.97. The molecule has 1 rings (SSSR count). The zero-order valence-electron chi connectivity index (χ0n) is 7.32. The summed E-state index contributed by atoms with van der Waals surface area (Å²) < 4.78 is 1.20. The average Bonchev–Trinajstić information content (AvgIpc) is 2.03. The highest BCUT2D eigenvalue weighted by atomic mass is 79.9. The first-order valence-electron chi connectivity index (χ1n) is 3.62. The second-order valence-electron chi connectivity index (χ2n) is 2.76. The SMILES string of the molecule is CN(C)C(=O)c1ccc(Br)c[n+]1[O-]. The van der Waals surface area contributed by atoms with Crippen LogP contribution in [0.1, 0.15) is 10.5 Å². The first-order chi connectivity index (χ1) is 6.02. The van der Waals surface area contributed by atoms with Crippen molar-refractivity contribution in [2.75, 3.05) is 14.1 Å². The number of aromatic nitrogens is 1. The Hall–Kier alpha value is -1.10. The summed E-state index contributed by atoms with van der Waals surface area (Å²) in [7, 11) is 3.20. The number of hydrogen-bond donors (Lipinski definition) is 0. The van der Waals surface area contributed by atoms with E-state index in [9.17, 15) is 10.0 Å². The molecule has 0 aliphatic carbocycles. The molecule has 0 bridgehead atoms. The van der Waals surface area contributed by atoms with Crippen LogP contribution in [0.25, 0.3) is 0 Å². The topological polar surface area (TPSA) is 47.2 Å². The van der Waals surface area contributed by atoms with Crippen LogP contribution in [0, 0.1) is 5.21 Å². The number of carbonyl (C=O) groups is 1. The zero-order valence-corrected chi connectivity index (χ0v) is 8.91. The monoisotopic (exact) mass is 244 g/mol. The fourth-order valence-corrected chi connectivity index (χ4v) is 1.17. The normalized spacial score (nSPS) is 9.77. The van der Waals surface area contributed by atoms with Crippen molar-refractivity contribution in [2.24, 2.45) is 0 Å². The molecule has 0 N–H and O–H groups in total. The van der Waals surface area contributed by atoms with E-state index in [0.29, 0.717) is 9.20 Å². The maximum atomic E-state index is 11.4. The van der Waals surface area contributed by atoms with Crippen molar-refractivity contribution >= 4 is 21.8 Å². The van der Waals surface area contributed by atoms with E-state index in [4.69, 9.17) is 0 Å². The second kappa shape index (κ2) is 3.74. The summed E-state index contributed by atoms with van der Waals surface area (Å²) in [6.45, 7) is 0. The lowest BCUT2D eigenvalue weighted by molar-refractivity contribution is -0.608. The molecule has 0 radical (unpaired) electrons. The summed E-state index contributed by atoms with van der Waals surface area (Å²) in [5, 5.41) is 11.2. The maximum absolute atomic E-state index is 11.4. The van der Waals surface area contributed by atoms with Crippen molar-refractivity contribution in [1.82, 2.24) is 4.90 Å². The Bertz CT molecular complexity index is 339. The van der Waals surface area contributed by atoms with Gasteiger partial charge in [0.1, 0.15) is 0 Å². The summed E-state index contributed by atoms with van der Waals surface area (Å²) in [6.07, 6.45) is 1.30. The van der Waals surface area contributed by atoms with Crippen LogP contribution in [0.2, 0.25) is 0 Å². The van der Waals surface area contributed by atoms with Crippen LogP contribution < -0.4 is 4.73 Å². The van der Waals surface area contributed by atoms with Crippen LogP contribution in [-0.4, -0.2) is 24.9 Å². The molecule has 0 spiro atoms. The predicted molar refractivity (Wildman–Crippen MR) is 51.1 cm³/mol. The summed E-state index contributed by atoms with van der Waals surface area (Å²) in [4.78, 5) is 12.7. The van der Waals surface area contributed by atoms with Gasteiger partial charge in [-0.15, -0.1) is 0 Å². The molecular formula is C8H9BrN2O2. The van der Waals surface area contributed by atoms with Crippen LogP contribution in [0.15, 0.2) is 22.8 Å². The van der Waals surface area contributed by atoms with Crippen LogP contribution >= 0.6 is 15.9 Å². The highest BCUT2D eigenvalue weighted by Crippen LogP contribution is 2.06. The van der Waals surface area contributed by atoms with Gasteiger partial charge in [-0.3, -0.25) is 4.79 Å². The Labute approximate surface area is 84.5 Å². The molecule has 0 aromatic carbocycles. The Balaban J connectivity index is 3.09. The van der Waals surface area contributed by atoms with Gasteiger partial charge in [-0.25, -0.2) is 0 Å². The molecule has 0 fully saturated rings. The van der Waals surface area contributed by atoms with Gasteiger partial charge in [0.2, 0.25) is 0 Å². The fraction of sp³-hybridized carbons (Fsp3) is 0.250. The Kier molecular flexibility index (Phi) is 2.87. The third-order valence-electron chi connectivity index (χ3n) is 1.50. The highest BCUT2D eigenvalue weighted by Gasteiger charge is 2.17. The molecular weight excluding hydrogens is 236 g/mol. The van der Waals surface area contributed by atoms with Crippen molar-refractivity contribution in [1.29, 1.82) is 0 Å². The molecule has 1 heterocycles. The van der Waals surface area contributed by atoms with Crippen molar-refractivity contribution in [2.45, 2.75) is 0 Å². The summed E-state index contributed by atoms with van der Waals surface area (Å²) in [5.41, 5.74) is 0.119. The number of amides is 1. The summed E-state index contributed by atoms with van der Waals surface area (Å²) in [5.74, 6) is -0.303. The molecule has 0 aliphatic rings. The molecule has 4 nitrogen and oxygen atoms in total. The molecule has 5 heteroatoms. The van der Waals surface area contributed by atoms with E-state index in [1.54, 1.807) is 20.2 Å². The smallest absolute Gasteiger partial charge is 0.319 e. The van der Waals surface area contributed by atoms with Gasteiger partial charge in [-0.05, 0) is 22.0 Å². The van der Waals surface area contributed by atoms with Crippen LogP contribution in [-0.2, 0) is 0 Å². The molecule has 70 valence electrons. The summed E-state index contributed by atoms with van der Waals surface area (Å²) in [6, 6.07) is 3.14. The summed E-state index contributed by atoms with van der Waals surface area (Å²) >= 11 is 3.14. The molecule has 1 amide bonds. The van der Waals surface area contributed by atoms with E-state index in [2.05, 4.69) is 15.9 Å². The van der Waals surface area contributed by atoms with Crippen molar-refractivity contribution in [3.63, 3.8) is 0 Å². The number of rotatable bonds is 1.